The molecule has 0 aromatic carbocycles. The van der Waals surface area contributed by atoms with Crippen molar-refractivity contribution < 1.29 is 0 Å². The maximum atomic E-state index is 5.45. The Balaban J connectivity index is 2.69. The summed E-state index contributed by atoms with van der Waals surface area (Å²) in [6.07, 6.45) is 1.71. The molecule has 3 nitrogen and oxygen atoms in total. The van der Waals surface area contributed by atoms with Gasteiger partial charge in [0.05, 0.1) is 6.21 Å². The predicted molar refractivity (Wildman–Crippen MR) is 34.1 cm³/mol. The molecule has 0 amide bonds. The standard InChI is InChI=1S/C3H7N3S/c1-6-5-2-3-7(6)4/h2-3H,4H2,1H3. The smallest absolute Gasteiger partial charge is 0.0566 e. The second-order valence-corrected chi connectivity index (χ2v) is 2.71. The maximum absolute atomic E-state index is 5.45. The summed E-state index contributed by atoms with van der Waals surface area (Å²) in [6.45, 7) is 0. The molecule has 7 heavy (non-hydrogen) atoms. The van der Waals surface area contributed by atoms with Crippen LogP contribution in [-0.2, 0) is 0 Å². The molecular weight excluding hydrogens is 110 g/mol. The van der Waals surface area contributed by atoms with E-state index in [4.69, 9.17) is 5.14 Å². The van der Waals surface area contributed by atoms with E-state index in [1.165, 1.54) is 0 Å². The molecule has 1 aliphatic rings. The van der Waals surface area contributed by atoms with E-state index in [9.17, 15) is 0 Å². The highest BCUT2D eigenvalue weighted by molar-refractivity contribution is 8.12. The molecule has 0 fully saturated rings. The summed E-state index contributed by atoms with van der Waals surface area (Å²) in [5.41, 5.74) is 0. The minimum atomic E-state index is -0.231. The Morgan fingerprint density at radius 1 is 1.86 bits per heavy atom. The van der Waals surface area contributed by atoms with Gasteiger partial charge in [-0.15, -0.1) is 0 Å². The van der Waals surface area contributed by atoms with Gasteiger partial charge in [0.25, 0.3) is 0 Å². The quantitative estimate of drug-likeness (QED) is 0.445. The molecule has 1 heterocycles. The number of nitrogens with two attached hydrogens (primary N) is 1. The highest BCUT2D eigenvalue weighted by Gasteiger charge is 1.95. The van der Waals surface area contributed by atoms with Crippen LogP contribution in [0.15, 0.2) is 5.10 Å². The van der Waals surface area contributed by atoms with Crippen LogP contribution in [0.5, 0.6) is 0 Å². The summed E-state index contributed by atoms with van der Waals surface area (Å²) >= 11 is 0. The van der Waals surface area contributed by atoms with E-state index in [1.54, 1.807) is 10.6 Å². The van der Waals surface area contributed by atoms with Gasteiger partial charge in [-0.25, -0.2) is 4.41 Å². The minimum absolute atomic E-state index is 0.231. The monoisotopic (exact) mass is 117 g/mol. The number of hydrazone groups is 1. The van der Waals surface area contributed by atoms with E-state index in [0.29, 0.717) is 0 Å². The van der Waals surface area contributed by atoms with Gasteiger partial charge in [-0.2, -0.15) is 5.10 Å². The molecule has 40 valence electrons. The highest BCUT2D eigenvalue weighted by atomic mass is 32.2. The summed E-state index contributed by atoms with van der Waals surface area (Å²) in [4.78, 5) is 0. The van der Waals surface area contributed by atoms with E-state index in [-0.39, 0.29) is 10.9 Å². The van der Waals surface area contributed by atoms with Crippen LogP contribution < -0.4 is 5.14 Å². The zero-order chi connectivity index (χ0) is 5.28. The summed E-state index contributed by atoms with van der Waals surface area (Å²) in [5, 5.41) is 11.2. The zero-order valence-corrected chi connectivity index (χ0v) is 4.85. The van der Waals surface area contributed by atoms with Gasteiger partial charge in [-0.05, 0) is 10.9 Å². The lowest BCUT2D eigenvalue weighted by atomic mass is 10.9. The molecule has 0 radical (unpaired) electrons. The Bertz CT molecular complexity index is 128. The molecule has 1 unspecified atom stereocenters. The number of hydrogen-bond donors (Lipinski definition) is 1. The molecular formula is C3H7N3S. The molecule has 1 atom stereocenters. The molecule has 4 heteroatoms. The number of hydrogen-bond acceptors (Lipinski definition) is 3. The van der Waals surface area contributed by atoms with Crippen LogP contribution in [0.25, 0.3) is 0 Å². The predicted octanol–water partition coefficient (Wildman–Crippen LogP) is -0.223. The fraction of sp³-hybridized carbons (Fsp3) is 0.333. The van der Waals surface area contributed by atoms with Crippen LogP contribution in [0.4, 0.5) is 0 Å². The van der Waals surface area contributed by atoms with Gasteiger partial charge in [0.2, 0.25) is 0 Å². The van der Waals surface area contributed by atoms with Gasteiger partial charge >= 0.3 is 0 Å². The summed E-state index contributed by atoms with van der Waals surface area (Å²) in [5.74, 6) is 0. The van der Waals surface area contributed by atoms with Crippen molar-refractivity contribution in [1.29, 1.82) is 0 Å². The Morgan fingerprint density at radius 2 is 2.57 bits per heavy atom. The second-order valence-electron chi connectivity index (χ2n) is 1.21. The van der Waals surface area contributed by atoms with E-state index >= 15 is 0 Å². The molecule has 1 rings (SSSR count). The van der Waals surface area contributed by atoms with Crippen molar-refractivity contribution >= 4 is 22.4 Å². The lowest BCUT2D eigenvalue weighted by Gasteiger charge is -2.05. The SMILES string of the molecule is CN1N=CC=S1N. The Hall–Kier alpha value is -0.350. The summed E-state index contributed by atoms with van der Waals surface area (Å²) < 4.78 is 1.72. The van der Waals surface area contributed by atoms with Crippen molar-refractivity contribution in [3.63, 3.8) is 0 Å². The van der Waals surface area contributed by atoms with Crippen molar-refractivity contribution in [2.45, 2.75) is 0 Å². The average molecular weight is 117 g/mol. The van der Waals surface area contributed by atoms with Gasteiger partial charge in [0, 0.05) is 12.4 Å². The van der Waals surface area contributed by atoms with E-state index in [1.807, 2.05) is 12.4 Å². The fourth-order valence-corrected chi connectivity index (χ4v) is 0.845. The highest BCUT2D eigenvalue weighted by Crippen LogP contribution is 2.08. The first-order chi connectivity index (χ1) is 3.30. The minimum Gasteiger partial charge on any atom is -0.265 e. The molecule has 0 saturated heterocycles. The average Bonchev–Trinajstić information content (AvgIpc) is 1.91. The summed E-state index contributed by atoms with van der Waals surface area (Å²) in [6, 6.07) is 0. The molecule has 1 aliphatic heterocycles. The Kier molecular flexibility index (Phi) is 1.12. The van der Waals surface area contributed by atoms with Gasteiger partial charge in [0.1, 0.15) is 0 Å². The first-order valence-corrected chi connectivity index (χ1v) is 3.20. The van der Waals surface area contributed by atoms with Gasteiger partial charge in [0.15, 0.2) is 0 Å². The van der Waals surface area contributed by atoms with E-state index in [2.05, 4.69) is 5.10 Å². The van der Waals surface area contributed by atoms with Crippen LogP contribution in [0.2, 0.25) is 0 Å². The normalized spacial score (nSPS) is 28.3. The Morgan fingerprint density at radius 3 is 2.71 bits per heavy atom. The lowest BCUT2D eigenvalue weighted by Crippen LogP contribution is -2.03. The summed E-state index contributed by atoms with van der Waals surface area (Å²) in [7, 11) is 1.62. The molecule has 0 spiro atoms. The second kappa shape index (κ2) is 1.63. The van der Waals surface area contributed by atoms with Crippen LogP contribution in [0.3, 0.4) is 0 Å². The van der Waals surface area contributed by atoms with Crippen molar-refractivity contribution in [3.05, 3.63) is 0 Å². The molecule has 0 aliphatic carbocycles. The van der Waals surface area contributed by atoms with Gasteiger partial charge in [-0.3, -0.25) is 5.14 Å². The van der Waals surface area contributed by atoms with Crippen LogP contribution >= 0.6 is 10.9 Å². The maximum Gasteiger partial charge on any atom is 0.0566 e. The largest absolute Gasteiger partial charge is 0.265 e. The molecule has 0 bridgehead atoms. The number of rotatable bonds is 0. The van der Waals surface area contributed by atoms with Crippen LogP contribution in [-0.4, -0.2) is 23.0 Å². The molecule has 2 N–H and O–H groups in total. The Labute approximate surface area is 45.0 Å². The third-order valence-corrected chi connectivity index (χ3v) is 1.84. The van der Waals surface area contributed by atoms with Crippen LogP contribution in [0.1, 0.15) is 0 Å². The van der Waals surface area contributed by atoms with Crippen molar-refractivity contribution in [2.24, 2.45) is 10.2 Å². The van der Waals surface area contributed by atoms with Gasteiger partial charge in [-0.1, -0.05) is 0 Å². The van der Waals surface area contributed by atoms with Crippen molar-refractivity contribution in [2.75, 3.05) is 7.05 Å². The van der Waals surface area contributed by atoms with E-state index in [0.717, 1.165) is 0 Å². The van der Waals surface area contributed by atoms with Gasteiger partial charge < -0.3 is 0 Å². The fourth-order valence-electron chi connectivity index (χ4n) is 0.326. The first-order valence-electron chi connectivity index (χ1n) is 1.89. The first kappa shape index (κ1) is 4.80. The third-order valence-electron chi connectivity index (χ3n) is 0.735. The van der Waals surface area contributed by atoms with Crippen LogP contribution in [0, 0.1) is 0 Å². The zero-order valence-electron chi connectivity index (χ0n) is 4.03. The third kappa shape index (κ3) is 0.808. The van der Waals surface area contributed by atoms with Crippen molar-refractivity contribution in [3.8, 4) is 0 Å². The van der Waals surface area contributed by atoms with E-state index < -0.39 is 0 Å². The molecule has 0 saturated carbocycles. The topological polar surface area (TPSA) is 41.6 Å². The number of nitrogens with zero attached hydrogens (tertiary/aromatic N) is 2. The lowest BCUT2D eigenvalue weighted by molar-refractivity contribution is 0.622. The molecule has 0 aromatic rings. The van der Waals surface area contributed by atoms with Crippen molar-refractivity contribution in [1.82, 2.24) is 4.41 Å². The molecule has 0 aromatic heterocycles.